The summed E-state index contributed by atoms with van der Waals surface area (Å²) >= 11 is 0. The summed E-state index contributed by atoms with van der Waals surface area (Å²) in [5, 5.41) is 10.3. The maximum atomic E-state index is 12.3. The van der Waals surface area contributed by atoms with Crippen molar-refractivity contribution in [3.05, 3.63) is 36.4 Å². The summed E-state index contributed by atoms with van der Waals surface area (Å²) in [4.78, 5) is 0.0749. The van der Waals surface area contributed by atoms with E-state index in [4.69, 9.17) is 4.74 Å². The lowest BCUT2D eigenvalue weighted by Crippen LogP contribution is -2.42. The minimum Gasteiger partial charge on any atom is -0.495 e. The Labute approximate surface area is 119 Å². The smallest absolute Gasteiger partial charge is 0.244 e. The lowest BCUT2D eigenvalue weighted by atomic mass is 9.91. The zero-order valence-electron chi connectivity index (χ0n) is 11.4. The standard InChI is InChI=1S/C14H19NO4S/c1-19-12-7-3-4-8-13(12)20(17,18)15-11-14(16)9-5-2-6-10-14/h3-5,7-9,15-16H,2,6,10-11H2,1H3. The van der Waals surface area contributed by atoms with E-state index in [9.17, 15) is 13.5 Å². The normalized spacial score (nSPS) is 22.7. The number of aliphatic hydroxyl groups is 1. The number of allylic oxidation sites excluding steroid dienone is 1. The molecule has 0 amide bonds. The highest BCUT2D eigenvalue weighted by atomic mass is 32.2. The van der Waals surface area contributed by atoms with Crippen molar-refractivity contribution in [1.29, 1.82) is 0 Å². The number of nitrogens with one attached hydrogen (secondary N) is 1. The van der Waals surface area contributed by atoms with Gasteiger partial charge in [-0.1, -0.05) is 24.3 Å². The fourth-order valence-corrected chi connectivity index (χ4v) is 3.47. The first kappa shape index (κ1) is 15.0. The topological polar surface area (TPSA) is 75.6 Å². The number of para-hydroxylation sites is 1. The molecule has 1 aliphatic carbocycles. The van der Waals surface area contributed by atoms with Crippen LogP contribution in [0.4, 0.5) is 0 Å². The molecular formula is C14H19NO4S. The molecule has 20 heavy (non-hydrogen) atoms. The summed E-state index contributed by atoms with van der Waals surface area (Å²) < 4.78 is 32.0. The molecule has 0 aromatic heterocycles. The van der Waals surface area contributed by atoms with E-state index in [-0.39, 0.29) is 17.2 Å². The summed E-state index contributed by atoms with van der Waals surface area (Å²) in [6.07, 6.45) is 5.87. The maximum absolute atomic E-state index is 12.3. The lowest BCUT2D eigenvalue weighted by Gasteiger charge is -2.27. The van der Waals surface area contributed by atoms with E-state index in [0.29, 0.717) is 6.42 Å². The van der Waals surface area contributed by atoms with Crippen LogP contribution in [0.15, 0.2) is 41.3 Å². The molecule has 5 nitrogen and oxygen atoms in total. The lowest BCUT2D eigenvalue weighted by molar-refractivity contribution is 0.0797. The average Bonchev–Trinajstić information content (AvgIpc) is 2.46. The second-order valence-electron chi connectivity index (χ2n) is 4.87. The molecule has 0 spiro atoms. The molecule has 0 fully saturated rings. The largest absolute Gasteiger partial charge is 0.495 e. The van der Waals surface area contributed by atoms with Crippen LogP contribution in [-0.2, 0) is 10.0 Å². The third kappa shape index (κ3) is 3.39. The van der Waals surface area contributed by atoms with Crippen molar-refractivity contribution in [2.75, 3.05) is 13.7 Å². The molecule has 2 rings (SSSR count). The minimum absolute atomic E-state index is 0.0378. The van der Waals surface area contributed by atoms with E-state index in [2.05, 4.69) is 4.72 Å². The molecule has 0 heterocycles. The van der Waals surface area contributed by atoms with Crippen molar-refractivity contribution in [3.8, 4) is 5.75 Å². The summed E-state index contributed by atoms with van der Waals surface area (Å²) in [5.74, 6) is 0.283. The highest BCUT2D eigenvalue weighted by Gasteiger charge is 2.28. The third-order valence-corrected chi connectivity index (χ3v) is 4.78. The van der Waals surface area contributed by atoms with E-state index < -0.39 is 15.6 Å². The first-order valence-corrected chi connectivity index (χ1v) is 7.98. The maximum Gasteiger partial charge on any atom is 0.244 e. The Morgan fingerprint density at radius 3 is 2.80 bits per heavy atom. The van der Waals surface area contributed by atoms with Crippen molar-refractivity contribution in [3.63, 3.8) is 0 Å². The molecule has 0 aliphatic heterocycles. The third-order valence-electron chi connectivity index (χ3n) is 3.34. The Kier molecular flexibility index (Phi) is 4.47. The highest BCUT2D eigenvalue weighted by molar-refractivity contribution is 7.89. The zero-order chi connectivity index (χ0) is 14.6. The van der Waals surface area contributed by atoms with Crippen molar-refractivity contribution < 1.29 is 18.3 Å². The fraction of sp³-hybridized carbons (Fsp3) is 0.429. The van der Waals surface area contributed by atoms with Gasteiger partial charge in [0.25, 0.3) is 0 Å². The van der Waals surface area contributed by atoms with Crippen LogP contribution in [0.25, 0.3) is 0 Å². The van der Waals surface area contributed by atoms with Crippen LogP contribution in [0.3, 0.4) is 0 Å². The Balaban J connectivity index is 2.15. The summed E-state index contributed by atoms with van der Waals surface area (Å²) in [7, 11) is -2.29. The summed E-state index contributed by atoms with van der Waals surface area (Å²) in [6, 6.07) is 6.40. The van der Waals surface area contributed by atoms with E-state index in [1.54, 1.807) is 24.3 Å². The van der Waals surface area contributed by atoms with Crippen LogP contribution < -0.4 is 9.46 Å². The second-order valence-corrected chi connectivity index (χ2v) is 6.61. The van der Waals surface area contributed by atoms with Gasteiger partial charge < -0.3 is 9.84 Å². The Morgan fingerprint density at radius 2 is 2.15 bits per heavy atom. The van der Waals surface area contributed by atoms with Gasteiger partial charge in [0.1, 0.15) is 10.6 Å². The van der Waals surface area contributed by atoms with E-state index >= 15 is 0 Å². The monoisotopic (exact) mass is 297 g/mol. The van der Waals surface area contributed by atoms with Crippen LogP contribution in [0.1, 0.15) is 19.3 Å². The number of hydrogen-bond acceptors (Lipinski definition) is 4. The first-order chi connectivity index (χ1) is 9.47. The van der Waals surface area contributed by atoms with Crippen molar-refractivity contribution in [2.45, 2.75) is 29.8 Å². The molecule has 1 aromatic rings. The molecule has 2 N–H and O–H groups in total. The molecule has 0 saturated heterocycles. The Hall–Kier alpha value is -1.37. The molecule has 1 atom stereocenters. The molecule has 0 bridgehead atoms. The Bertz CT molecular complexity index is 597. The number of sulfonamides is 1. The van der Waals surface area contributed by atoms with Crippen molar-refractivity contribution in [1.82, 2.24) is 4.72 Å². The predicted molar refractivity (Wildman–Crippen MR) is 76.1 cm³/mol. The number of ether oxygens (including phenoxy) is 1. The molecule has 0 radical (unpaired) electrons. The van der Waals surface area contributed by atoms with Gasteiger partial charge in [0.05, 0.1) is 12.7 Å². The van der Waals surface area contributed by atoms with Crippen molar-refractivity contribution >= 4 is 10.0 Å². The van der Waals surface area contributed by atoms with E-state index in [0.717, 1.165) is 12.8 Å². The molecular weight excluding hydrogens is 278 g/mol. The molecule has 1 aromatic carbocycles. The van der Waals surface area contributed by atoms with Gasteiger partial charge in [0.2, 0.25) is 10.0 Å². The molecule has 0 saturated carbocycles. The fourth-order valence-electron chi connectivity index (χ4n) is 2.20. The Morgan fingerprint density at radius 1 is 1.40 bits per heavy atom. The number of rotatable bonds is 5. The minimum atomic E-state index is -3.71. The van der Waals surface area contributed by atoms with Crippen LogP contribution in [-0.4, -0.2) is 32.8 Å². The van der Waals surface area contributed by atoms with Gasteiger partial charge in [-0.2, -0.15) is 0 Å². The van der Waals surface area contributed by atoms with Gasteiger partial charge in [-0.25, -0.2) is 13.1 Å². The zero-order valence-corrected chi connectivity index (χ0v) is 12.2. The van der Waals surface area contributed by atoms with Crippen molar-refractivity contribution in [2.24, 2.45) is 0 Å². The SMILES string of the molecule is COc1ccccc1S(=O)(=O)NCC1(O)C=CCCC1. The van der Waals surface area contributed by atoms with Gasteiger partial charge in [0, 0.05) is 6.54 Å². The van der Waals surface area contributed by atoms with Crippen LogP contribution in [0, 0.1) is 0 Å². The molecule has 1 unspecified atom stereocenters. The van der Waals surface area contributed by atoms with Gasteiger partial charge in [-0.3, -0.25) is 0 Å². The van der Waals surface area contributed by atoms with Crippen LogP contribution >= 0.6 is 0 Å². The first-order valence-electron chi connectivity index (χ1n) is 6.50. The number of benzene rings is 1. The van der Waals surface area contributed by atoms with E-state index in [1.165, 1.54) is 13.2 Å². The quantitative estimate of drug-likeness (QED) is 0.807. The van der Waals surface area contributed by atoms with Gasteiger partial charge in [-0.05, 0) is 31.4 Å². The van der Waals surface area contributed by atoms with E-state index in [1.807, 2.05) is 6.08 Å². The number of hydrogen-bond donors (Lipinski definition) is 2. The second kappa shape index (κ2) is 5.95. The number of methoxy groups -OCH3 is 1. The van der Waals surface area contributed by atoms with Crippen LogP contribution in [0.2, 0.25) is 0 Å². The van der Waals surface area contributed by atoms with Crippen LogP contribution in [0.5, 0.6) is 5.75 Å². The predicted octanol–water partition coefficient (Wildman–Crippen LogP) is 1.44. The highest BCUT2D eigenvalue weighted by Crippen LogP contribution is 2.25. The molecule has 110 valence electrons. The summed E-state index contributed by atoms with van der Waals surface area (Å²) in [5.41, 5.74) is -1.10. The molecule has 1 aliphatic rings. The average molecular weight is 297 g/mol. The summed E-state index contributed by atoms with van der Waals surface area (Å²) in [6.45, 7) is -0.0378. The van der Waals surface area contributed by atoms with Gasteiger partial charge in [0.15, 0.2) is 0 Å². The molecule has 6 heteroatoms. The van der Waals surface area contributed by atoms with Gasteiger partial charge >= 0.3 is 0 Å². The van der Waals surface area contributed by atoms with Gasteiger partial charge in [-0.15, -0.1) is 0 Å².